The second kappa shape index (κ2) is 14.9. The van der Waals surface area contributed by atoms with Crippen molar-refractivity contribution < 1.29 is 33.8 Å². The summed E-state index contributed by atoms with van der Waals surface area (Å²) in [5.41, 5.74) is -1.23. The SMILES string of the molecule is C=CCCC(=O)NC[C@@H](OC(=O)[C@@H]1[C@H]2C(=O)N([C@@H](CC)CO)[C@H](C(=O)N(CC=C)C(C)(C)CC(C)(C)C)[C@]23CC[C@H]1O3)c1ccccc1. The van der Waals surface area contributed by atoms with E-state index in [0.717, 1.165) is 0 Å². The molecule has 3 aliphatic heterocycles. The summed E-state index contributed by atoms with van der Waals surface area (Å²) in [5, 5.41) is 13.3. The molecule has 1 aromatic carbocycles. The largest absolute Gasteiger partial charge is 0.455 e. The Hall–Kier alpha value is -3.50. The van der Waals surface area contributed by atoms with Crippen LogP contribution in [-0.4, -0.2) is 87.6 Å². The molecule has 10 nitrogen and oxygen atoms in total. The summed E-state index contributed by atoms with van der Waals surface area (Å²) in [6.07, 6.45) is 4.76. The number of fused-ring (bicyclic) bond motifs is 1. The second-order valence-corrected chi connectivity index (χ2v) is 15.3. The number of nitrogens with one attached hydrogen (secondary N) is 1. The van der Waals surface area contributed by atoms with Gasteiger partial charge in [0.2, 0.25) is 17.7 Å². The van der Waals surface area contributed by atoms with Crippen LogP contribution in [0, 0.1) is 17.3 Å². The summed E-state index contributed by atoms with van der Waals surface area (Å²) in [5.74, 6) is -3.33. The average Bonchev–Trinajstić information content (AvgIpc) is 3.68. The summed E-state index contributed by atoms with van der Waals surface area (Å²) in [6, 6.07) is 7.50. The first-order chi connectivity index (χ1) is 22.7. The van der Waals surface area contributed by atoms with Crippen molar-refractivity contribution in [1.82, 2.24) is 15.1 Å². The van der Waals surface area contributed by atoms with E-state index in [4.69, 9.17) is 9.47 Å². The number of likely N-dealkylation sites (tertiary alicyclic amines) is 1. The molecule has 264 valence electrons. The van der Waals surface area contributed by atoms with Gasteiger partial charge in [-0.2, -0.15) is 0 Å². The lowest BCUT2D eigenvalue weighted by molar-refractivity contribution is -0.161. The van der Waals surface area contributed by atoms with E-state index >= 15 is 0 Å². The minimum Gasteiger partial charge on any atom is -0.455 e. The maximum Gasteiger partial charge on any atom is 0.313 e. The maximum atomic E-state index is 14.9. The molecule has 3 aliphatic rings. The zero-order valence-corrected chi connectivity index (χ0v) is 29.6. The van der Waals surface area contributed by atoms with Crippen molar-refractivity contribution in [2.24, 2.45) is 17.3 Å². The summed E-state index contributed by atoms with van der Waals surface area (Å²) in [4.78, 5) is 59.4. The summed E-state index contributed by atoms with van der Waals surface area (Å²) >= 11 is 0. The first-order valence-corrected chi connectivity index (χ1v) is 17.3. The monoisotopic (exact) mass is 665 g/mol. The third kappa shape index (κ3) is 7.39. The number of carbonyl (C=O) groups is 4. The molecule has 3 saturated heterocycles. The van der Waals surface area contributed by atoms with E-state index in [1.54, 1.807) is 17.1 Å². The van der Waals surface area contributed by atoms with Gasteiger partial charge in [-0.1, -0.05) is 70.2 Å². The molecule has 0 saturated carbocycles. The second-order valence-electron chi connectivity index (χ2n) is 15.3. The number of aliphatic hydroxyl groups is 1. The van der Waals surface area contributed by atoms with Gasteiger partial charge in [-0.05, 0) is 56.9 Å². The Balaban J connectivity index is 1.70. The predicted molar refractivity (Wildman–Crippen MR) is 183 cm³/mol. The maximum absolute atomic E-state index is 14.9. The minimum atomic E-state index is -1.25. The molecule has 4 rings (SSSR count). The quantitative estimate of drug-likeness (QED) is 0.193. The molecule has 1 aromatic rings. The van der Waals surface area contributed by atoms with E-state index in [1.165, 1.54) is 4.90 Å². The first-order valence-electron chi connectivity index (χ1n) is 17.3. The van der Waals surface area contributed by atoms with Crippen molar-refractivity contribution in [3.8, 4) is 0 Å². The van der Waals surface area contributed by atoms with Crippen LogP contribution in [0.1, 0.15) is 91.7 Å². The molecule has 0 unspecified atom stereocenters. The summed E-state index contributed by atoms with van der Waals surface area (Å²) < 4.78 is 12.8. The lowest BCUT2D eigenvalue weighted by Crippen LogP contribution is -2.62. The number of nitrogens with zero attached hydrogens (tertiary/aromatic N) is 2. The molecule has 48 heavy (non-hydrogen) atoms. The van der Waals surface area contributed by atoms with Crippen molar-refractivity contribution in [3.63, 3.8) is 0 Å². The number of amides is 3. The third-order valence-corrected chi connectivity index (χ3v) is 10.1. The van der Waals surface area contributed by atoms with Crippen molar-refractivity contribution in [3.05, 3.63) is 61.2 Å². The summed E-state index contributed by atoms with van der Waals surface area (Å²) in [7, 11) is 0. The Bertz CT molecular complexity index is 1350. The van der Waals surface area contributed by atoms with Gasteiger partial charge in [-0.3, -0.25) is 19.2 Å². The van der Waals surface area contributed by atoms with Gasteiger partial charge < -0.3 is 29.7 Å². The highest BCUT2D eigenvalue weighted by molar-refractivity contribution is 5.98. The number of hydrogen-bond acceptors (Lipinski definition) is 7. The van der Waals surface area contributed by atoms with Crippen molar-refractivity contribution in [2.45, 2.75) is 115 Å². The van der Waals surface area contributed by atoms with E-state index in [-0.39, 0.29) is 49.3 Å². The van der Waals surface area contributed by atoms with Crippen LogP contribution in [0.4, 0.5) is 0 Å². The van der Waals surface area contributed by atoms with E-state index in [9.17, 15) is 24.3 Å². The molecule has 2 bridgehead atoms. The van der Waals surface area contributed by atoms with Crippen LogP contribution < -0.4 is 5.32 Å². The fourth-order valence-electron chi connectivity index (χ4n) is 8.39. The highest BCUT2D eigenvalue weighted by Gasteiger charge is 2.76. The Morgan fingerprint density at radius 2 is 1.85 bits per heavy atom. The van der Waals surface area contributed by atoms with Gasteiger partial charge in [-0.15, -0.1) is 13.2 Å². The van der Waals surface area contributed by atoms with Crippen LogP contribution in [0.15, 0.2) is 55.6 Å². The summed E-state index contributed by atoms with van der Waals surface area (Å²) in [6.45, 7) is 19.9. The van der Waals surface area contributed by atoms with E-state index in [0.29, 0.717) is 37.7 Å². The molecule has 0 aliphatic carbocycles. The topological polar surface area (TPSA) is 125 Å². The molecular formula is C38H55N3O7. The number of benzene rings is 1. The van der Waals surface area contributed by atoms with E-state index in [2.05, 4.69) is 39.2 Å². The van der Waals surface area contributed by atoms with Crippen LogP contribution >= 0.6 is 0 Å². The van der Waals surface area contributed by atoms with E-state index < -0.39 is 53.2 Å². The van der Waals surface area contributed by atoms with Gasteiger partial charge in [0, 0.05) is 18.5 Å². The predicted octanol–water partition coefficient (Wildman–Crippen LogP) is 4.73. The molecule has 1 spiro atoms. The molecule has 2 N–H and O–H groups in total. The Labute approximate surface area is 285 Å². The Morgan fingerprint density at radius 3 is 2.44 bits per heavy atom. The molecule has 0 aromatic heterocycles. The van der Waals surface area contributed by atoms with Crippen LogP contribution in [0.2, 0.25) is 0 Å². The fourth-order valence-corrected chi connectivity index (χ4v) is 8.39. The number of aliphatic hydroxyl groups excluding tert-OH is 1. The number of esters is 1. The number of rotatable bonds is 16. The zero-order valence-electron chi connectivity index (χ0n) is 29.6. The number of allylic oxidation sites excluding steroid dienone is 1. The molecule has 7 atom stereocenters. The molecule has 3 heterocycles. The molecule has 3 fully saturated rings. The fraction of sp³-hybridized carbons (Fsp3) is 0.632. The lowest BCUT2D eigenvalue weighted by atomic mass is 9.70. The minimum absolute atomic E-state index is 0.0583. The Kier molecular flexibility index (Phi) is 11.6. The van der Waals surface area contributed by atoms with Gasteiger partial charge in [-0.25, -0.2) is 0 Å². The van der Waals surface area contributed by atoms with Gasteiger partial charge in [0.05, 0.1) is 37.1 Å². The van der Waals surface area contributed by atoms with Crippen LogP contribution in [0.5, 0.6) is 0 Å². The first kappa shape index (κ1) is 37.3. The molecular weight excluding hydrogens is 610 g/mol. The molecule has 10 heteroatoms. The van der Waals surface area contributed by atoms with E-state index in [1.807, 2.05) is 51.1 Å². The third-order valence-electron chi connectivity index (χ3n) is 10.1. The van der Waals surface area contributed by atoms with Crippen LogP contribution in [0.25, 0.3) is 0 Å². The van der Waals surface area contributed by atoms with Crippen molar-refractivity contribution in [1.29, 1.82) is 0 Å². The highest BCUT2D eigenvalue weighted by atomic mass is 16.6. The Morgan fingerprint density at radius 1 is 1.17 bits per heavy atom. The molecule has 3 amide bonds. The molecule has 0 radical (unpaired) electrons. The van der Waals surface area contributed by atoms with Crippen LogP contribution in [-0.2, 0) is 28.7 Å². The lowest BCUT2D eigenvalue weighted by Gasteiger charge is -2.46. The smallest absolute Gasteiger partial charge is 0.313 e. The van der Waals surface area contributed by atoms with Crippen molar-refractivity contribution in [2.75, 3.05) is 19.7 Å². The van der Waals surface area contributed by atoms with Gasteiger partial charge in [0.1, 0.15) is 17.7 Å². The zero-order chi connectivity index (χ0) is 35.4. The average molecular weight is 666 g/mol. The highest BCUT2D eigenvalue weighted by Crippen LogP contribution is 2.59. The van der Waals surface area contributed by atoms with Crippen molar-refractivity contribution >= 4 is 23.7 Å². The standard InChI is InChI=1S/C38H55N3O7/c1-9-12-18-29(43)39-22-28(25-16-14-13-15-17-25)47-35(46)30-27-19-20-38(48-27)31(30)33(44)41(26(11-3)23-42)32(38)34(45)40(21-10-2)37(7,8)24-36(4,5)6/h9-10,13-17,26-28,30-32,42H,1-2,11-12,18-24H2,3-8H3,(H,39,43)/t26-,27+,28+,30-,31-,32+,38-/m0/s1. The number of hydrogen-bond donors (Lipinski definition) is 2. The van der Waals surface area contributed by atoms with Gasteiger partial charge >= 0.3 is 5.97 Å². The van der Waals surface area contributed by atoms with Gasteiger partial charge in [0.25, 0.3) is 0 Å². The van der Waals surface area contributed by atoms with Crippen LogP contribution in [0.3, 0.4) is 0 Å². The number of ether oxygens (including phenoxy) is 2. The number of carbonyl (C=O) groups excluding carboxylic acids is 4. The van der Waals surface area contributed by atoms with Gasteiger partial charge in [0.15, 0.2) is 0 Å². The normalized spacial score (nSPS) is 26.1.